The minimum absolute atomic E-state index is 0.102. The van der Waals surface area contributed by atoms with Gasteiger partial charge in [-0.15, -0.1) is 0 Å². The highest BCUT2D eigenvalue weighted by molar-refractivity contribution is 5.98. The molecule has 3 rings (SSSR count). The topological polar surface area (TPSA) is 100 Å². The van der Waals surface area contributed by atoms with Gasteiger partial charge >= 0.3 is 0 Å². The van der Waals surface area contributed by atoms with Crippen LogP contribution in [0.5, 0.6) is 5.75 Å². The average Bonchev–Trinajstić information content (AvgIpc) is 3.04. The Morgan fingerprint density at radius 1 is 1.32 bits per heavy atom. The highest BCUT2D eigenvalue weighted by Crippen LogP contribution is 2.39. The van der Waals surface area contributed by atoms with E-state index in [2.05, 4.69) is 15.4 Å². The number of aromatic nitrogens is 3. The molecule has 1 aliphatic rings. The van der Waals surface area contributed by atoms with E-state index in [0.717, 1.165) is 11.3 Å². The Morgan fingerprint density at radius 2 is 2.04 bits per heavy atom. The lowest BCUT2D eigenvalue weighted by molar-refractivity contribution is -0.128. The summed E-state index contributed by atoms with van der Waals surface area (Å²) < 4.78 is 1.72. The molecule has 1 fully saturated rings. The van der Waals surface area contributed by atoms with Crippen molar-refractivity contribution in [3.8, 4) is 5.75 Å². The van der Waals surface area contributed by atoms with Crippen molar-refractivity contribution in [2.75, 3.05) is 12.4 Å². The second kappa shape index (κ2) is 6.19. The lowest BCUT2D eigenvalue weighted by atomic mass is 9.93. The van der Waals surface area contributed by atoms with Crippen LogP contribution in [-0.4, -0.2) is 43.6 Å². The summed E-state index contributed by atoms with van der Waals surface area (Å²) >= 11 is 0. The third-order valence-electron chi connectivity index (χ3n) is 4.77. The summed E-state index contributed by atoms with van der Waals surface area (Å²) in [4.78, 5) is 30.7. The van der Waals surface area contributed by atoms with E-state index in [1.165, 1.54) is 6.07 Å². The van der Waals surface area contributed by atoms with Crippen LogP contribution in [0.2, 0.25) is 0 Å². The first-order valence-corrected chi connectivity index (χ1v) is 8.01. The number of pyridine rings is 1. The molecule has 0 spiro atoms. The molecule has 2 unspecified atom stereocenters. The number of likely N-dealkylation sites (tertiary alicyclic amines) is 1. The summed E-state index contributed by atoms with van der Waals surface area (Å²) in [6.07, 6.45) is 1.80. The first-order valence-electron chi connectivity index (χ1n) is 8.01. The molecule has 1 saturated heterocycles. The number of anilines is 1. The van der Waals surface area contributed by atoms with E-state index in [9.17, 15) is 14.7 Å². The summed E-state index contributed by atoms with van der Waals surface area (Å²) in [5.41, 5.74) is 2.42. The van der Waals surface area contributed by atoms with Gasteiger partial charge in [-0.1, -0.05) is 0 Å². The van der Waals surface area contributed by atoms with Gasteiger partial charge in [-0.05, 0) is 26.0 Å². The monoisotopic (exact) mass is 343 g/mol. The maximum Gasteiger partial charge on any atom is 0.231 e. The second-order valence-electron chi connectivity index (χ2n) is 6.38. The van der Waals surface area contributed by atoms with Gasteiger partial charge in [0.05, 0.1) is 18.2 Å². The van der Waals surface area contributed by atoms with Crippen molar-refractivity contribution in [1.29, 1.82) is 0 Å². The molecule has 2 N–H and O–H groups in total. The third kappa shape index (κ3) is 2.95. The molecule has 25 heavy (non-hydrogen) atoms. The van der Waals surface area contributed by atoms with Gasteiger partial charge in [0.1, 0.15) is 0 Å². The predicted octanol–water partition coefficient (Wildman–Crippen LogP) is 1.30. The summed E-state index contributed by atoms with van der Waals surface area (Å²) in [5.74, 6) is -1.03. The molecule has 0 aliphatic carbocycles. The van der Waals surface area contributed by atoms with Gasteiger partial charge in [-0.3, -0.25) is 14.3 Å². The van der Waals surface area contributed by atoms with E-state index < -0.39 is 12.0 Å². The molecular formula is C17H21N5O3. The molecule has 0 aromatic carbocycles. The molecule has 0 saturated carbocycles. The number of hydrogen-bond acceptors (Lipinski definition) is 5. The number of aryl methyl sites for hydroxylation is 2. The number of nitrogens with one attached hydrogen (secondary N) is 1. The predicted molar refractivity (Wildman–Crippen MR) is 90.8 cm³/mol. The van der Waals surface area contributed by atoms with Crippen molar-refractivity contribution in [2.45, 2.75) is 26.3 Å². The van der Waals surface area contributed by atoms with E-state index >= 15 is 0 Å². The number of carbonyl (C=O) groups is 2. The highest BCUT2D eigenvalue weighted by Gasteiger charge is 2.44. The van der Waals surface area contributed by atoms with Crippen LogP contribution in [-0.2, 0) is 16.6 Å². The Hall–Kier alpha value is -2.90. The number of hydrogen-bond donors (Lipinski definition) is 2. The number of rotatable bonds is 3. The average molecular weight is 343 g/mol. The minimum atomic E-state index is -0.581. The molecule has 2 amide bonds. The van der Waals surface area contributed by atoms with Crippen LogP contribution in [0.1, 0.15) is 29.4 Å². The van der Waals surface area contributed by atoms with E-state index in [-0.39, 0.29) is 29.8 Å². The molecule has 3 heterocycles. The van der Waals surface area contributed by atoms with Crippen molar-refractivity contribution in [1.82, 2.24) is 19.7 Å². The summed E-state index contributed by atoms with van der Waals surface area (Å²) in [6.45, 7) is 3.67. The van der Waals surface area contributed by atoms with E-state index in [4.69, 9.17) is 0 Å². The van der Waals surface area contributed by atoms with Gasteiger partial charge < -0.3 is 15.3 Å². The maximum atomic E-state index is 12.8. The molecule has 0 radical (unpaired) electrons. The van der Waals surface area contributed by atoms with Gasteiger partial charge in [0, 0.05) is 37.5 Å². The largest absolute Gasteiger partial charge is 0.504 e. The van der Waals surface area contributed by atoms with Crippen LogP contribution < -0.4 is 5.32 Å². The summed E-state index contributed by atoms with van der Waals surface area (Å²) in [5, 5.41) is 16.8. The molecule has 2 atom stereocenters. The Balaban J connectivity index is 1.91. The molecule has 132 valence electrons. The normalized spacial score (nSPS) is 20.2. The summed E-state index contributed by atoms with van der Waals surface area (Å²) in [7, 11) is 3.51. The van der Waals surface area contributed by atoms with Gasteiger partial charge in [-0.25, -0.2) is 4.98 Å². The fourth-order valence-corrected chi connectivity index (χ4v) is 3.19. The van der Waals surface area contributed by atoms with E-state index in [0.29, 0.717) is 5.69 Å². The van der Waals surface area contributed by atoms with Crippen LogP contribution in [0.3, 0.4) is 0 Å². The molecule has 8 heteroatoms. The minimum Gasteiger partial charge on any atom is -0.504 e. The van der Waals surface area contributed by atoms with Gasteiger partial charge in [0.15, 0.2) is 11.6 Å². The zero-order valence-corrected chi connectivity index (χ0v) is 14.6. The van der Waals surface area contributed by atoms with Crippen LogP contribution in [0.15, 0.2) is 18.3 Å². The molecule has 2 aromatic rings. The number of nitrogens with zero attached hydrogens (tertiary/aromatic N) is 4. The first-order chi connectivity index (χ1) is 11.8. The van der Waals surface area contributed by atoms with Crippen molar-refractivity contribution in [2.24, 2.45) is 13.0 Å². The maximum absolute atomic E-state index is 12.8. The van der Waals surface area contributed by atoms with Crippen LogP contribution in [0, 0.1) is 19.8 Å². The zero-order valence-electron chi connectivity index (χ0n) is 14.6. The number of aromatic hydroxyl groups is 1. The quantitative estimate of drug-likeness (QED) is 0.875. The molecule has 0 bridgehead atoms. The van der Waals surface area contributed by atoms with Gasteiger partial charge in [0.25, 0.3) is 0 Å². The van der Waals surface area contributed by atoms with Crippen molar-refractivity contribution >= 4 is 17.6 Å². The van der Waals surface area contributed by atoms with E-state index in [1.54, 1.807) is 35.8 Å². The van der Waals surface area contributed by atoms with Crippen LogP contribution in [0.4, 0.5) is 5.82 Å². The Bertz CT molecular complexity index is 845. The molecule has 1 aliphatic heterocycles. The third-order valence-corrected chi connectivity index (χ3v) is 4.77. The molecule has 2 aromatic heterocycles. The fourth-order valence-electron chi connectivity index (χ4n) is 3.19. The Labute approximate surface area is 145 Å². The van der Waals surface area contributed by atoms with E-state index in [1.807, 2.05) is 14.0 Å². The molecule has 8 nitrogen and oxygen atoms in total. The van der Waals surface area contributed by atoms with Crippen molar-refractivity contribution in [3.05, 3.63) is 35.3 Å². The SMILES string of the molecule is Cc1ccc(O)c(NC(=O)C2CC(=O)N(C)C2c2cnn(C)c2C)n1. The highest BCUT2D eigenvalue weighted by atomic mass is 16.3. The fraction of sp³-hybridized carbons (Fsp3) is 0.412. The van der Waals surface area contributed by atoms with Gasteiger partial charge in [0.2, 0.25) is 11.8 Å². The standard InChI is InChI=1S/C17H21N5O3/c1-9-5-6-13(23)16(19-9)20-17(25)11-7-14(24)21(3)15(11)12-8-18-22(4)10(12)2/h5-6,8,11,15,23H,7H2,1-4H3,(H,19,20,25). The second-order valence-corrected chi connectivity index (χ2v) is 6.38. The number of carbonyl (C=O) groups excluding carboxylic acids is 2. The molecular weight excluding hydrogens is 322 g/mol. The Morgan fingerprint density at radius 3 is 2.68 bits per heavy atom. The van der Waals surface area contributed by atoms with Crippen LogP contribution in [0.25, 0.3) is 0 Å². The van der Waals surface area contributed by atoms with Crippen LogP contribution >= 0.6 is 0 Å². The Kier molecular flexibility index (Phi) is 4.20. The van der Waals surface area contributed by atoms with Crippen molar-refractivity contribution in [3.63, 3.8) is 0 Å². The lowest BCUT2D eigenvalue weighted by Gasteiger charge is -2.24. The first kappa shape index (κ1) is 16.9. The lowest BCUT2D eigenvalue weighted by Crippen LogP contribution is -2.30. The van der Waals surface area contributed by atoms with Crippen molar-refractivity contribution < 1.29 is 14.7 Å². The smallest absolute Gasteiger partial charge is 0.231 e. The zero-order chi connectivity index (χ0) is 18.3. The summed E-state index contributed by atoms with van der Waals surface area (Å²) in [6, 6.07) is 2.74. The van der Waals surface area contributed by atoms with Gasteiger partial charge in [-0.2, -0.15) is 5.10 Å². The number of amides is 2.